The van der Waals surface area contributed by atoms with Crippen molar-refractivity contribution in [3.63, 3.8) is 0 Å². The van der Waals surface area contributed by atoms with E-state index in [0.717, 1.165) is 10.9 Å². The topological polar surface area (TPSA) is 12.9 Å². The second-order valence-corrected chi connectivity index (χ2v) is 2.69. The minimum atomic E-state index is 0. The van der Waals surface area contributed by atoms with E-state index in [1.165, 1.54) is 0 Å². The van der Waals surface area contributed by atoms with Gasteiger partial charge in [0.1, 0.15) is 0 Å². The van der Waals surface area contributed by atoms with Gasteiger partial charge in [-0.25, -0.2) is 0 Å². The Morgan fingerprint density at radius 3 is 3.00 bits per heavy atom. The summed E-state index contributed by atoms with van der Waals surface area (Å²) in [5, 5.41) is 1.71. The first kappa shape index (κ1) is 9.60. The van der Waals surface area contributed by atoms with Crippen molar-refractivity contribution >= 4 is 22.5 Å². The molecule has 0 aliphatic heterocycles. The first-order valence-corrected chi connectivity index (χ1v) is 3.66. The van der Waals surface area contributed by atoms with E-state index in [2.05, 4.69) is 11.1 Å². The molecule has 54 valence electrons. The molecular weight excluding hydrogens is 164 g/mol. The zero-order valence-corrected chi connectivity index (χ0v) is 7.47. The predicted molar refractivity (Wildman–Crippen MR) is 45.6 cm³/mol. The molecule has 1 aromatic carbocycles. The van der Waals surface area contributed by atoms with E-state index in [1.54, 1.807) is 12.3 Å². The molecule has 0 amide bonds. The Hall–Kier alpha value is -0.483. The fraction of sp³-hybridized carbons (Fsp3) is 0. The van der Waals surface area contributed by atoms with Crippen molar-refractivity contribution in [1.29, 1.82) is 0 Å². The van der Waals surface area contributed by atoms with Crippen LogP contribution in [0.1, 0.15) is 0 Å². The molecule has 0 N–H and O–H groups in total. The molecule has 1 nitrogen and oxygen atoms in total. The van der Waals surface area contributed by atoms with Gasteiger partial charge in [-0.05, 0) is 5.52 Å². The quantitative estimate of drug-likeness (QED) is 0.390. The van der Waals surface area contributed by atoms with E-state index in [1.807, 2.05) is 18.2 Å². The number of nitrogens with zero attached hydrogens (tertiary/aromatic N) is 1. The first-order valence-electron chi connectivity index (χ1n) is 3.28. The molecule has 0 saturated carbocycles. The van der Waals surface area contributed by atoms with Gasteiger partial charge < -0.3 is 4.98 Å². The van der Waals surface area contributed by atoms with Crippen LogP contribution in [0.3, 0.4) is 0 Å². The Balaban J connectivity index is 0.000000720. The van der Waals surface area contributed by atoms with E-state index in [4.69, 9.17) is 11.6 Å². The number of pyridine rings is 1. The van der Waals surface area contributed by atoms with Crippen LogP contribution in [0, 0.1) is 6.07 Å². The van der Waals surface area contributed by atoms with Crippen molar-refractivity contribution in [2.75, 3.05) is 0 Å². The van der Waals surface area contributed by atoms with E-state index in [9.17, 15) is 0 Å². The zero-order valence-electron chi connectivity index (χ0n) is 6.71. The van der Waals surface area contributed by atoms with E-state index < -0.39 is 0 Å². The van der Waals surface area contributed by atoms with Crippen molar-refractivity contribution in [2.45, 2.75) is 0 Å². The van der Waals surface area contributed by atoms with Gasteiger partial charge in [0.25, 0.3) is 0 Å². The summed E-state index contributed by atoms with van der Waals surface area (Å²) in [6.45, 7) is 0. The second-order valence-electron chi connectivity index (χ2n) is 2.25. The van der Waals surface area contributed by atoms with Gasteiger partial charge in [-0.3, -0.25) is 0 Å². The van der Waals surface area contributed by atoms with Crippen molar-refractivity contribution in [3.05, 3.63) is 41.6 Å². The molecule has 1 heterocycles. The summed E-state index contributed by atoms with van der Waals surface area (Å²) >= 11 is 5.76. The van der Waals surface area contributed by atoms with Gasteiger partial charge >= 0.3 is 18.9 Å². The molecule has 0 saturated heterocycles. The summed E-state index contributed by atoms with van der Waals surface area (Å²) in [6, 6.07) is 10.4. The minimum Gasteiger partial charge on any atom is -0.352 e. The van der Waals surface area contributed by atoms with Crippen LogP contribution in [-0.2, 0) is 0 Å². The molecule has 2 aromatic rings. The van der Waals surface area contributed by atoms with Gasteiger partial charge in [0.05, 0.1) is 0 Å². The molecule has 0 aliphatic rings. The Bertz CT molecular complexity index is 389. The number of hydrogen-bond acceptors (Lipinski definition) is 1. The maximum atomic E-state index is 5.76. The zero-order chi connectivity index (χ0) is 7.68. The molecule has 1 aromatic heterocycles. The van der Waals surface area contributed by atoms with Crippen molar-refractivity contribution < 1.29 is 18.9 Å². The van der Waals surface area contributed by atoms with E-state index in [0.29, 0.717) is 5.02 Å². The van der Waals surface area contributed by atoms with Crippen molar-refractivity contribution in [1.82, 2.24) is 4.98 Å². The number of halogens is 1. The Morgan fingerprint density at radius 2 is 2.17 bits per heavy atom. The standard InChI is InChI=1S/C9H5ClN.Li/c10-8-4-3-7-2-1-5-11-9(7)6-8;/h1,3-6H;/q-1;+1. The fourth-order valence-electron chi connectivity index (χ4n) is 0.978. The Morgan fingerprint density at radius 1 is 1.33 bits per heavy atom. The second kappa shape index (κ2) is 3.96. The van der Waals surface area contributed by atoms with Crippen LogP contribution in [0.25, 0.3) is 10.9 Å². The average Bonchev–Trinajstić information content (AvgIpc) is 2.04. The average molecular weight is 170 g/mol. The van der Waals surface area contributed by atoms with Crippen LogP contribution < -0.4 is 18.9 Å². The smallest absolute Gasteiger partial charge is 0.352 e. The van der Waals surface area contributed by atoms with Gasteiger partial charge in [-0.2, -0.15) is 0 Å². The third-order valence-electron chi connectivity index (χ3n) is 1.49. The van der Waals surface area contributed by atoms with Crippen molar-refractivity contribution in [3.8, 4) is 0 Å². The summed E-state index contributed by atoms with van der Waals surface area (Å²) in [5.74, 6) is 0. The van der Waals surface area contributed by atoms with Crippen LogP contribution >= 0.6 is 11.6 Å². The summed E-state index contributed by atoms with van der Waals surface area (Å²) in [5.41, 5.74) is 0.889. The van der Waals surface area contributed by atoms with Gasteiger partial charge in [0.15, 0.2) is 0 Å². The molecular formula is C9H5ClLiN. The molecule has 12 heavy (non-hydrogen) atoms. The Kier molecular flexibility index (Phi) is 3.17. The van der Waals surface area contributed by atoms with E-state index in [-0.39, 0.29) is 18.9 Å². The number of rotatable bonds is 0. The van der Waals surface area contributed by atoms with Crippen molar-refractivity contribution in [2.24, 2.45) is 0 Å². The van der Waals surface area contributed by atoms with Crippen LogP contribution in [-0.4, -0.2) is 4.98 Å². The van der Waals surface area contributed by atoms with Gasteiger partial charge in [-0.1, -0.05) is 29.9 Å². The summed E-state index contributed by atoms with van der Waals surface area (Å²) in [7, 11) is 0. The van der Waals surface area contributed by atoms with Crippen LogP contribution in [0.15, 0.2) is 30.5 Å². The van der Waals surface area contributed by atoms with E-state index >= 15 is 0 Å². The van der Waals surface area contributed by atoms with Gasteiger partial charge in [0, 0.05) is 5.02 Å². The summed E-state index contributed by atoms with van der Waals surface area (Å²) in [6.07, 6.45) is 1.71. The maximum absolute atomic E-state index is 5.76. The molecule has 0 aliphatic carbocycles. The van der Waals surface area contributed by atoms with Gasteiger partial charge in [0.2, 0.25) is 0 Å². The SMILES string of the molecule is Clc1ccc2[c-]ccnc2c1.[Li+]. The third kappa shape index (κ3) is 1.81. The summed E-state index contributed by atoms with van der Waals surface area (Å²) in [4.78, 5) is 4.13. The first-order chi connectivity index (χ1) is 5.36. The predicted octanol–water partition coefficient (Wildman–Crippen LogP) is -0.308. The molecule has 0 atom stereocenters. The fourth-order valence-corrected chi connectivity index (χ4v) is 1.14. The number of fused-ring (bicyclic) bond motifs is 1. The van der Waals surface area contributed by atoms with Crippen LogP contribution in [0.4, 0.5) is 0 Å². The minimum absolute atomic E-state index is 0. The summed E-state index contributed by atoms with van der Waals surface area (Å²) < 4.78 is 0. The number of hydrogen-bond donors (Lipinski definition) is 0. The maximum Gasteiger partial charge on any atom is 1.00 e. The third-order valence-corrected chi connectivity index (χ3v) is 1.72. The molecule has 0 fully saturated rings. The number of aromatic nitrogens is 1. The molecule has 0 spiro atoms. The monoisotopic (exact) mass is 169 g/mol. The molecule has 2 rings (SSSR count). The van der Waals surface area contributed by atoms with Gasteiger partial charge in [-0.15, -0.1) is 23.6 Å². The van der Waals surface area contributed by atoms with Crippen LogP contribution in [0.2, 0.25) is 5.02 Å². The Labute approximate surface area is 87.9 Å². The largest absolute Gasteiger partial charge is 1.00 e. The molecule has 0 unspecified atom stereocenters. The van der Waals surface area contributed by atoms with Crippen LogP contribution in [0.5, 0.6) is 0 Å². The number of benzene rings is 1. The molecule has 3 heteroatoms. The normalized spacial score (nSPS) is 9.42. The molecule has 0 radical (unpaired) electrons. The molecule has 0 bridgehead atoms.